The summed E-state index contributed by atoms with van der Waals surface area (Å²) in [4.78, 5) is 11.8. The average molecular weight is 363 g/mol. The molecule has 4 aromatic rings. The van der Waals surface area contributed by atoms with E-state index in [1.54, 1.807) is 6.07 Å². The van der Waals surface area contributed by atoms with Gasteiger partial charge in [-0.2, -0.15) is 0 Å². The van der Waals surface area contributed by atoms with E-state index in [0.29, 0.717) is 13.1 Å². The maximum absolute atomic E-state index is 11.8. The number of benzene rings is 3. The highest BCUT2D eigenvalue weighted by Crippen LogP contribution is 2.25. The van der Waals surface area contributed by atoms with Crippen LogP contribution in [0.2, 0.25) is 0 Å². The topological polar surface area (TPSA) is 114 Å². The van der Waals surface area contributed by atoms with Crippen LogP contribution < -0.4 is 11.6 Å². The van der Waals surface area contributed by atoms with E-state index < -0.39 is 5.97 Å². The second kappa shape index (κ2) is 8.01. The summed E-state index contributed by atoms with van der Waals surface area (Å²) in [5.41, 5.74) is 8.99. The lowest BCUT2D eigenvalue weighted by Gasteiger charge is -2.11. The number of nitrogens with two attached hydrogens (primary N) is 2. The van der Waals surface area contributed by atoms with Crippen molar-refractivity contribution in [3.63, 3.8) is 0 Å². The molecule has 0 aliphatic rings. The second-order valence-electron chi connectivity index (χ2n) is 6.16. The van der Waals surface area contributed by atoms with Gasteiger partial charge in [-0.15, -0.1) is 0 Å². The predicted molar refractivity (Wildman–Crippen MR) is 106 cm³/mol. The van der Waals surface area contributed by atoms with E-state index in [9.17, 15) is 9.90 Å². The van der Waals surface area contributed by atoms with Crippen LogP contribution in [0.1, 0.15) is 21.6 Å². The molecule has 0 amide bonds. The van der Waals surface area contributed by atoms with Crippen LogP contribution in [0.25, 0.3) is 21.7 Å². The number of hydrogen-bond acceptors (Lipinski definition) is 4. The zero-order valence-corrected chi connectivity index (χ0v) is 14.7. The number of carbonyl (C=O) groups is 1. The van der Waals surface area contributed by atoms with Gasteiger partial charge in [0.05, 0.1) is 0 Å². The van der Waals surface area contributed by atoms with E-state index in [1.165, 1.54) is 0 Å². The smallest absolute Gasteiger partial charge is 0.352 e. The van der Waals surface area contributed by atoms with Gasteiger partial charge in [0.1, 0.15) is 5.69 Å². The van der Waals surface area contributed by atoms with Gasteiger partial charge in [0.15, 0.2) is 0 Å². The Kier molecular flexibility index (Phi) is 5.52. The van der Waals surface area contributed by atoms with Crippen LogP contribution in [0.4, 0.5) is 0 Å². The van der Waals surface area contributed by atoms with E-state index in [1.807, 2.05) is 47.0 Å². The molecule has 0 radical (unpaired) electrons. The molecule has 0 aliphatic heterocycles. The van der Waals surface area contributed by atoms with Crippen molar-refractivity contribution in [3.05, 3.63) is 83.6 Å². The molecule has 4 rings (SSSR count). The normalized spacial score (nSPS) is 10.6. The number of fused-ring (bicyclic) bond motifs is 2. The summed E-state index contributed by atoms with van der Waals surface area (Å²) in [6, 6.07) is 21.9. The Morgan fingerprint density at radius 3 is 2.41 bits per heavy atom. The van der Waals surface area contributed by atoms with Gasteiger partial charge in [-0.1, -0.05) is 48.5 Å². The minimum atomic E-state index is -0.925. The SMILES string of the molecule is NCc1ccc2c(c1)cc(C(=O)O)n2Cc1cccc2ccccc12.NO. The number of aromatic carboxylic acids is 1. The van der Waals surface area contributed by atoms with Crippen molar-refractivity contribution in [2.45, 2.75) is 13.1 Å². The third kappa shape index (κ3) is 3.54. The summed E-state index contributed by atoms with van der Waals surface area (Å²) in [7, 11) is 0. The number of carboxylic acid groups (broad SMARTS) is 1. The Balaban J connectivity index is 0.00000102. The second-order valence-corrected chi connectivity index (χ2v) is 6.16. The first-order valence-corrected chi connectivity index (χ1v) is 8.45. The van der Waals surface area contributed by atoms with Crippen LogP contribution in [-0.2, 0) is 13.1 Å². The Bertz CT molecular complexity index is 1100. The number of hydrogen-bond donors (Lipinski definition) is 4. The minimum absolute atomic E-state index is 0.289. The fraction of sp³-hybridized carbons (Fsp3) is 0.0952. The lowest BCUT2D eigenvalue weighted by molar-refractivity contribution is 0.0686. The third-order valence-corrected chi connectivity index (χ3v) is 4.63. The molecule has 0 unspecified atom stereocenters. The first-order valence-electron chi connectivity index (χ1n) is 8.45. The molecule has 0 saturated carbocycles. The van der Waals surface area contributed by atoms with E-state index in [2.05, 4.69) is 24.1 Å². The van der Waals surface area contributed by atoms with Gasteiger partial charge in [0, 0.05) is 24.0 Å². The molecule has 0 bridgehead atoms. The van der Waals surface area contributed by atoms with Gasteiger partial charge in [-0.3, -0.25) is 0 Å². The first-order chi connectivity index (χ1) is 13.2. The van der Waals surface area contributed by atoms with Gasteiger partial charge in [-0.25, -0.2) is 10.7 Å². The largest absolute Gasteiger partial charge is 0.477 e. The van der Waals surface area contributed by atoms with Gasteiger partial charge in [0.2, 0.25) is 0 Å². The molecule has 6 nitrogen and oxygen atoms in total. The van der Waals surface area contributed by atoms with Crippen molar-refractivity contribution in [2.24, 2.45) is 11.6 Å². The van der Waals surface area contributed by atoms with Crippen LogP contribution in [-0.4, -0.2) is 20.9 Å². The highest BCUT2D eigenvalue weighted by atomic mass is 16.4. The standard InChI is InChI=1S/C21H18N2O2.H3NO/c22-12-14-8-9-19-17(10-14)11-20(21(24)25)23(19)13-16-6-3-5-15-4-1-2-7-18(15)16;1-2/h1-11H,12-13,22H2,(H,24,25);2H,1H2. The van der Waals surface area contributed by atoms with E-state index >= 15 is 0 Å². The van der Waals surface area contributed by atoms with Crippen molar-refractivity contribution in [2.75, 3.05) is 0 Å². The molecule has 0 atom stereocenters. The molecule has 0 aliphatic carbocycles. The van der Waals surface area contributed by atoms with Gasteiger partial charge >= 0.3 is 5.97 Å². The summed E-state index contributed by atoms with van der Waals surface area (Å²) < 4.78 is 1.86. The van der Waals surface area contributed by atoms with Crippen LogP contribution in [0.15, 0.2) is 66.7 Å². The highest BCUT2D eigenvalue weighted by molar-refractivity contribution is 5.95. The molecule has 27 heavy (non-hydrogen) atoms. The summed E-state index contributed by atoms with van der Waals surface area (Å²) in [5, 5.41) is 19.3. The number of aromatic nitrogens is 1. The summed E-state index contributed by atoms with van der Waals surface area (Å²) in [6.07, 6.45) is 0. The van der Waals surface area contributed by atoms with Crippen LogP contribution in [0, 0.1) is 0 Å². The van der Waals surface area contributed by atoms with Crippen molar-refractivity contribution in [3.8, 4) is 0 Å². The summed E-state index contributed by atoms with van der Waals surface area (Å²) in [5.74, 6) is 2.57. The third-order valence-electron chi connectivity index (χ3n) is 4.63. The summed E-state index contributed by atoms with van der Waals surface area (Å²) in [6.45, 7) is 0.946. The average Bonchev–Trinajstić information content (AvgIpc) is 3.07. The fourth-order valence-corrected chi connectivity index (χ4v) is 3.40. The molecular formula is C21H21N3O3. The Morgan fingerprint density at radius 1 is 0.926 bits per heavy atom. The van der Waals surface area contributed by atoms with Crippen molar-refractivity contribution >= 4 is 27.6 Å². The van der Waals surface area contributed by atoms with Gasteiger partial charge < -0.3 is 20.6 Å². The molecule has 6 N–H and O–H groups in total. The summed E-state index contributed by atoms with van der Waals surface area (Å²) >= 11 is 0. The van der Waals surface area contributed by atoms with E-state index in [0.717, 1.165) is 32.8 Å². The van der Waals surface area contributed by atoms with Crippen molar-refractivity contribution in [1.82, 2.24) is 4.57 Å². The van der Waals surface area contributed by atoms with Gasteiger partial charge in [-0.05, 0) is 40.1 Å². The minimum Gasteiger partial charge on any atom is -0.477 e. The van der Waals surface area contributed by atoms with Gasteiger partial charge in [0.25, 0.3) is 0 Å². The lowest BCUT2D eigenvalue weighted by Crippen LogP contribution is -2.09. The highest BCUT2D eigenvalue weighted by Gasteiger charge is 2.16. The monoisotopic (exact) mass is 363 g/mol. The Morgan fingerprint density at radius 2 is 1.67 bits per heavy atom. The fourth-order valence-electron chi connectivity index (χ4n) is 3.40. The van der Waals surface area contributed by atoms with Crippen LogP contribution in [0.5, 0.6) is 0 Å². The van der Waals surface area contributed by atoms with E-state index in [-0.39, 0.29) is 5.69 Å². The Hall–Kier alpha value is -3.19. The molecule has 6 heteroatoms. The first kappa shape index (κ1) is 18.6. The van der Waals surface area contributed by atoms with Crippen molar-refractivity contribution in [1.29, 1.82) is 0 Å². The molecule has 0 saturated heterocycles. The quantitative estimate of drug-likeness (QED) is 0.415. The van der Waals surface area contributed by atoms with Crippen molar-refractivity contribution < 1.29 is 15.1 Å². The number of carboxylic acids is 1. The Labute approximate surface area is 156 Å². The number of rotatable bonds is 4. The zero-order valence-electron chi connectivity index (χ0n) is 14.7. The molecule has 0 spiro atoms. The van der Waals surface area contributed by atoms with E-state index in [4.69, 9.17) is 10.9 Å². The molecule has 0 fully saturated rings. The predicted octanol–water partition coefficient (Wildman–Crippen LogP) is 3.33. The van der Waals surface area contributed by atoms with Crippen LogP contribution in [0.3, 0.4) is 0 Å². The molecule has 3 aromatic carbocycles. The zero-order chi connectivity index (χ0) is 19.4. The number of nitrogens with zero attached hydrogens (tertiary/aromatic N) is 1. The lowest BCUT2D eigenvalue weighted by atomic mass is 10.0. The van der Waals surface area contributed by atoms with Crippen LogP contribution >= 0.6 is 0 Å². The molecular weight excluding hydrogens is 342 g/mol. The molecule has 1 heterocycles. The maximum atomic E-state index is 11.8. The maximum Gasteiger partial charge on any atom is 0.352 e. The molecule has 1 aromatic heterocycles. The molecule has 138 valence electrons.